The standard InChI is InChI=1S/C14H18/c1-3-7-13(8-4-1)11-12-14-9-5-2-6-10-14/h1,3-5,7-9,14H,2,6,10-12H2/t14-/m1/s1. The summed E-state index contributed by atoms with van der Waals surface area (Å²) in [7, 11) is 0. The smallest absolute Gasteiger partial charge is 0.0230 e. The minimum atomic E-state index is 0.837. The van der Waals surface area contributed by atoms with Crippen LogP contribution in [0.3, 0.4) is 0 Å². The monoisotopic (exact) mass is 186 g/mol. The van der Waals surface area contributed by atoms with Crippen LogP contribution in [0.25, 0.3) is 0 Å². The molecule has 0 fully saturated rings. The lowest BCUT2D eigenvalue weighted by Gasteiger charge is -2.15. The van der Waals surface area contributed by atoms with Gasteiger partial charge in [0.15, 0.2) is 0 Å². The Balaban J connectivity index is 1.82. The van der Waals surface area contributed by atoms with Crippen molar-refractivity contribution in [1.82, 2.24) is 0 Å². The van der Waals surface area contributed by atoms with Crippen LogP contribution in [0.1, 0.15) is 31.2 Å². The van der Waals surface area contributed by atoms with E-state index in [1.54, 1.807) is 0 Å². The van der Waals surface area contributed by atoms with Gasteiger partial charge in [0.25, 0.3) is 0 Å². The molecule has 74 valence electrons. The molecule has 1 atom stereocenters. The third-order valence-electron chi connectivity index (χ3n) is 3.00. The van der Waals surface area contributed by atoms with E-state index in [1.165, 1.54) is 37.7 Å². The van der Waals surface area contributed by atoms with Crippen molar-refractivity contribution in [3.63, 3.8) is 0 Å². The van der Waals surface area contributed by atoms with Crippen LogP contribution in [0, 0.1) is 5.92 Å². The third-order valence-corrected chi connectivity index (χ3v) is 3.00. The topological polar surface area (TPSA) is 0 Å². The molecule has 0 amide bonds. The average molecular weight is 186 g/mol. The summed E-state index contributed by atoms with van der Waals surface area (Å²) in [5.41, 5.74) is 1.48. The Morgan fingerprint density at radius 3 is 2.71 bits per heavy atom. The molecule has 0 N–H and O–H groups in total. The van der Waals surface area contributed by atoms with Gasteiger partial charge in [-0.15, -0.1) is 0 Å². The van der Waals surface area contributed by atoms with Gasteiger partial charge < -0.3 is 0 Å². The summed E-state index contributed by atoms with van der Waals surface area (Å²) in [6, 6.07) is 10.8. The summed E-state index contributed by atoms with van der Waals surface area (Å²) < 4.78 is 0. The molecule has 0 radical (unpaired) electrons. The molecule has 0 saturated carbocycles. The van der Waals surface area contributed by atoms with Crippen LogP contribution in [0.4, 0.5) is 0 Å². The van der Waals surface area contributed by atoms with E-state index < -0.39 is 0 Å². The summed E-state index contributed by atoms with van der Waals surface area (Å²) in [5.74, 6) is 0.837. The molecule has 0 heterocycles. The Labute approximate surface area is 86.7 Å². The van der Waals surface area contributed by atoms with Gasteiger partial charge in [0.1, 0.15) is 0 Å². The van der Waals surface area contributed by atoms with Crippen LogP contribution in [-0.4, -0.2) is 0 Å². The number of hydrogen-bond acceptors (Lipinski definition) is 0. The fraction of sp³-hybridized carbons (Fsp3) is 0.429. The number of hydrogen-bond donors (Lipinski definition) is 0. The van der Waals surface area contributed by atoms with Crippen molar-refractivity contribution in [2.24, 2.45) is 5.92 Å². The highest BCUT2D eigenvalue weighted by molar-refractivity contribution is 5.15. The van der Waals surface area contributed by atoms with Gasteiger partial charge in [-0.1, -0.05) is 42.5 Å². The van der Waals surface area contributed by atoms with Gasteiger partial charge in [-0.3, -0.25) is 0 Å². The number of rotatable bonds is 3. The van der Waals surface area contributed by atoms with Crippen LogP contribution >= 0.6 is 0 Å². The normalized spacial score (nSPS) is 21.0. The quantitative estimate of drug-likeness (QED) is 0.626. The SMILES string of the molecule is C1=C[C@@H](CCc2ccccc2)CCC1. The molecule has 0 aliphatic heterocycles. The molecule has 14 heavy (non-hydrogen) atoms. The molecule has 0 aromatic heterocycles. The van der Waals surface area contributed by atoms with Crippen molar-refractivity contribution in [2.45, 2.75) is 32.1 Å². The first kappa shape index (κ1) is 9.51. The predicted molar refractivity (Wildman–Crippen MR) is 61.2 cm³/mol. The highest BCUT2D eigenvalue weighted by Crippen LogP contribution is 2.21. The van der Waals surface area contributed by atoms with Crippen molar-refractivity contribution >= 4 is 0 Å². The molecule has 1 aromatic carbocycles. The van der Waals surface area contributed by atoms with Crippen molar-refractivity contribution in [3.8, 4) is 0 Å². The Hall–Kier alpha value is -1.04. The van der Waals surface area contributed by atoms with E-state index in [0.717, 1.165) is 5.92 Å². The highest BCUT2D eigenvalue weighted by atomic mass is 14.1. The molecule has 0 heteroatoms. The van der Waals surface area contributed by atoms with E-state index in [4.69, 9.17) is 0 Å². The van der Waals surface area contributed by atoms with Crippen LogP contribution in [-0.2, 0) is 6.42 Å². The van der Waals surface area contributed by atoms with E-state index in [0.29, 0.717) is 0 Å². The maximum Gasteiger partial charge on any atom is -0.0230 e. The maximum absolute atomic E-state index is 2.41. The van der Waals surface area contributed by atoms with Gasteiger partial charge in [-0.2, -0.15) is 0 Å². The second-order valence-corrected chi connectivity index (χ2v) is 4.14. The van der Waals surface area contributed by atoms with Gasteiger partial charge in [0.05, 0.1) is 0 Å². The number of allylic oxidation sites excluding steroid dienone is 2. The van der Waals surface area contributed by atoms with Crippen molar-refractivity contribution in [1.29, 1.82) is 0 Å². The van der Waals surface area contributed by atoms with E-state index >= 15 is 0 Å². The highest BCUT2D eigenvalue weighted by Gasteiger charge is 2.07. The summed E-state index contributed by atoms with van der Waals surface area (Å²) >= 11 is 0. The summed E-state index contributed by atoms with van der Waals surface area (Å²) in [6.07, 6.45) is 11.4. The predicted octanol–water partition coefficient (Wildman–Crippen LogP) is 3.98. The average Bonchev–Trinajstić information content (AvgIpc) is 2.29. The van der Waals surface area contributed by atoms with Crippen molar-refractivity contribution < 1.29 is 0 Å². The van der Waals surface area contributed by atoms with E-state index in [1.807, 2.05) is 0 Å². The Morgan fingerprint density at radius 1 is 1.14 bits per heavy atom. The third kappa shape index (κ3) is 2.73. The minimum Gasteiger partial charge on any atom is -0.0883 e. The van der Waals surface area contributed by atoms with Gasteiger partial charge in [-0.05, 0) is 43.6 Å². The summed E-state index contributed by atoms with van der Waals surface area (Å²) in [6.45, 7) is 0. The molecule has 2 rings (SSSR count). The molecule has 0 nitrogen and oxygen atoms in total. The molecule has 1 aliphatic carbocycles. The Bertz CT molecular complexity index is 284. The van der Waals surface area contributed by atoms with E-state index in [9.17, 15) is 0 Å². The first-order chi connectivity index (χ1) is 6.95. The summed E-state index contributed by atoms with van der Waals surface area (Å²) in [5, 5.41) is 0. The van der Waals surface area contributed by atoms with Crippen LogP contribution in [0.15, 0.2) is 42.5 Å². The molecule has 0 unspecified atom stereocenters. The van der Waals surface area contributed by atoms with Crippen molar-refractivity contribution in [2.75, 3.05) is 0 Å². The Kier molecular flexibility index (Phi) is 3.39. The van der Waals surface area contributed by atoms with Crippen LogP contribution < -0.4 is 0 Å². The van der Waals surface area contributed by atoms with Crippen LogP contribution in [0.5, 0.6) is 0 Å². The molecular weight excluding hydrogens is 168 g/mol. The van der Waals surface area contributed by atoms with Gasteiger partial charge in [0.2, 0.25) is 0 Å². The number of aryl methyl sites for hydroxylation is 1. The first-order valence-electron chi connectivity index (χ1n) is 5.66. The molecule has 1 aromatic rings. The lowest BCUT2D eigenvalue weighted by atomic mass is 9.90. The lowest BCUT2D eigenvalue weighted by Crippen LogP contribution is -2.02. The zero-order chi connectivity index (χ0) is 9.64. The molecule has 1 aliphatic rings. The minimum absolute atomic E-state index is 0.837. The number of benzene rings is 1. The fourth-order valence-electron chi connectivity index (χ4n) is 2.12. The Morgan fingerprint density at radius 2 is 2.00 bits per heavy atom. The van der Waals surface area contributed by atoms with Crippen molar-refractivity contribution in [3.05, 3.63) is 48.0 Å². The van der Waals surface area contributed by atoms with E-state index in [-0.39, 0.29) is 0 Å². The maximum atomic E-state index is 2.41. The van der Waals surface area contributed by atoms with E-state index in [2.05, 4.69) is 42.5 Å². The lowest BCUT2D eigenvalue weighted by molar-refractivity contribution is 0.506. The largest absolute Gasteiger partial charge is 0.0883 e. The first-order valence-corrected chi connectivity index (χ1v) is 5.66. The molecule has 0 spiro atoms. The molecular formula is C14H18. The zero-order valence-electron chi connectivity index (χ0n) is 8.65. The van der Waals surface area contributed by atoms with Crippen LogP contribution in [0.2, 0.25) is 0 Å². The van der Waals surface area contributed by atoms with Gasteiger partial charge in [0, 0.05) is 0 Å². The van der Waals surface area contributed by atoms with Gasteiger partial charge >= 0.3 is 0 Å². The zero-order valence-corrected chi connectivity index (χ0v) is 8.65. The fourth-order valence-corrected chi connectivity index (χ4v) is 2.12. The molecule has 0 bridgehead atoms. The second-order valence-electron chi connectivity index (χ2n) is 4.14. The summed E-state index contributed by atoms with van der Waals surface area (Å²) in [4.78, 5) is 0. The molecule has 0 saturated heterocycles. The second kappa shape index (κ2) is 4.99. The van der Waals surface area contributed by atoms with Gasteiger partial charge in [-0.25, -0.2) is 0 Å².